The highest BCUT2D eigenvalue weighted by atomic mass is 79.9. The zero-order valence-corrected chi connectivity index (χ0v) is 14.6. The van der Waals surface area contributed by atoms with E-state index in [4.69, 9.17) is 0 Å². The summed E-state index contributed by atoms with van der Waals surface area (Å²) < 4.78 is 24.9. The minimum atomic E-state index is -3.63. The van der Waals surface area contributed by atoms with E-state index < -0.39 is 10.0 Å². The molecule has 0 aromatic heterocycles. The molecule has 0 radical (unpaired) electrons. The van der Waals surface area contributed by atoms with Crippen molar-refractivity contribution < 1.29 is 8.42 Å². The summed E-state index contributed by atoms with van der Waals surface area (Å²) in [7, 11) is 0.263. The van der Waals surface area contributed by atoms with E-state index in [0.29, 0.717) is 0 Å². The summed E-state index contributed by atoms with van der Waals surface area (Å²) in [6.45, 7) is 0. The van der Waals surface area contributed by atoms with Gasteiger partial charge in [0, 0.05) is 18.6 Å². The Morgan fingerprint density at radius 2 is 1.82 bits per heavy atom. The van der Waals surface area contributed by atoms with E-state index in [0.717, 1.165) is 15.7 Å². The van der Waals surface area contributed by atoms with Crippen LogP contribution in [0.1, 0.15) is 5.56 Å². The van der Waals surface area contributed by atoms with Crippen molar-refractivity contribution in [2.45, 2.75) is 4.90 Å². The normalized spacial score (nSPS) is 11.6. The van der Waals surface area contributed by atoms with Crippen LogP contribution in [0.4, 0.5) is 5.69 Å². The predicted molar refractivity (Wildman–Crippen MR) is 92.8 cm³/mol. The first kappa shape index (κ1) is 16.5. The third-order valence-corrected chi connectivity index (χ3v) is 4.77. The van der Waals surface area contributed by atoms with Gasteiger partial charge in [-0.15, -0.1) is 0 Å². The van der Waals surface area contributed by atoms with E-state index in [1.165, 1.54) is 18.3 Å². The van der Waals surface area contributed by atoms with Gasteiger partial charge in [0.05, 0.1) is 16.8 Å². The van der Waals surface area contributed by atoms with Crippen LogP contribution in [0.3, 0.4) is 0 Å². The number of nitrogens with zero attached hydrogens (tertiary/aromatic N) is 2. The average Bonchev–Trinajstić information content (AvgIpc) is 2.47. The zero-order valence-electron chi connectivity index (χ0n) is 12.2. The maximum atomic E-state index is 12.0. The van der Waals surface area contributed by atoms with Gasteiger partial charge in [-0.05, 0) is 45.8 Å². The van der Waals surface area contributed by atoms with E-state index >= 15 is 0 Å². The first-order valence-corrected chi connectivity index (χ1v) is 8.74. The highest BCUT2D eigenvalue weighted by molar-refractivity contribution is 9.10. The minimum Gasteiger partial charge on any atom is -0.377 e. The minimum absolute atomic E-state index is 0.177. The molecule has 0 fully saturated rings. The summed E-state index contributed by atoms with van der Waals surface area (Å²) in [5.41, 5.74) is 1.82. The molecule has 0 bridgehead atoms. The molecule has 0 amide bonds. The molecule has 116 valence electrons. The smallest absolute Gasteiger partial charge is 0.276 e. The molecule has 22 heavy (non-hydrogen) atoms. The van der Waals surface area contributed by atoms with E-state index in [-0.39, 0.29) is 4.90 Å². The Labute approximate surface area is 138 Å². The van der Waals surface area contributed by atoms with Crippen molar-refractivity contribution in [3.8, 4) is 0 Å². The monoisotopic (exact) mass is 381 g/mol. The number of hydrogen-bond donors (Lipinski definition) is 1. The predicted octanol–water partition coefficient (Wildman–Crippen LogP) is 2.83. The molecule has 5 nitrogen and oxygen atoms in total. The number of hydrazone groups is 1. The number of halogens is 1. The SMILES string of the molecule is CN(C)c1ccc(/C=N\NS(=O)(=O)c2ccccc2)cc1Br. The quantitative estimate of drug-likeness (QED) is 0.639. The summed E-state index contributed by atoms with van der Waals surface area (Å²) in [5, 5.41) is 3.81. The van der Waals surface area contributed by atoms with Gasteiger partial charge in [-0.25, -0.2) is 4.83 Å². The first-order chi connectivity index (χ1) is 10.4. The standard InChI is InChI=1S/C15H16BrN3O2S/c1-19(2)15-9-8-12(10-14(15)16)11-17-18-22(20,21)13-6-4-3-5-7-13/h3-11,18H,1-2H3/b17-11-. The maximum Gasteiger partial charge on any atom is 0.276 e. The van der Waals surface area contributed by atoms with Gasteiger partial charge in [-0.2, -0.15) is 13.5 Å². The van der Waals surface area contributed by atoms with Crippen molar-refractivity contribution in [2.24, 2.45) is 5.10 Å². The van der Waals surface area contributed by atoms with Crippen LogP contribution in [0.2, 0.25) is 0 Å². The Bertz CT molecular complexity index is 775. The topological polar surface area (TPSA) is 61.8 Å². The number of sulfonamides is 1. The van der Waals surface area contributed by atoms with E-state index in [9.17, 15) is 8.42 Å². The molecular weight excluding hydrogens is 366 g/mol. The number of hydrogen-bond acceptors (Lipinski definition) is 4. The fourth-order valence-electron chi connectivity index (χ4n) is 1.79. The molecule has 0 atom stereocenters. The molecule has 0 aliphatic carbocycles. The van der Waals surface area contributed by atoms with Crippen LogP contribution in [0.5, 0.6) is 0 Å². The van der Waals surface area contributed by atoms with Crippen molar-refractivity contribution in [2.75, 3.05) is 19.0 Å². The Hall–Kier alpha value is -1.86. The van der Waals surface area contributed by atoms with E-state index in [1.807, 2.05) is 37.2 Å². The van der Waals surface area contributed by atoms with Crippen molar-refractivity contribution in [1.29, 1.82) is 0 Å². The van der Waals surface area contributed by atoms with Crippen LogP contribution in [0.15, 0.2) is 63.0 Å². The van der Waals surface area contributed by atoms with E-state index in [2.05, 4.69) is 25.9 Å². The molecule has 7 heteroatoms. The molecular formula is C15H16BrN3O2S. The lowest BCUT2D eigenvalue weighted by atomic mass is 10.2. The number of benzene rings is 2. The van der Waals surface area contributed by atoms with Gasteiger partial charge in [0.1, 0.15) is 0 Å². The van der Waals surface area contributed by atoms with Gasteiger partial charge in [0.2, 0.25) is 0 Å². The summed E-state index contributed by atoms with van der Waals surface area (Å²) in [5.74, 6) is 0. The highest BCUT2D eigenvalue weighted by Gasteiger charge is 2.11. The second-order valence-corrected chi connectivity index (χ2v) is 7.29. The number of rotatable bonds is 5. The lowest BCUT2D eigenvalue weighted by Gasteiger charge is -2.14. The second-order valence-electron chi connectivity index (χ2n) is 4.77. The summed E-state index contributed by atoms with van der Waals surface area (Å²) in [4.78, 5) is 4.35. The molecule has 2 aromatic carbocycles. The fourth-order valence-corrected chi connectivity index (χ4v) is 3.35. The molecule has 0 heterocycles. The summed E-state index contributed by atoms with van der Waals surface area (Å²) in [6, 6.07) is 13.8. The molecule has 0 unspecified atom stereocenters. The van der Waals surface area contributed by atoms with Crippen LogP contribution in [-0.4, -0.2) is 28.7 Å². The van der Waals surface area contributed by atoms with Gasteiger partial charge < -0.3 is 4.90 Å². The molecule has 0 aliphatic heterocycles. The van der Waals surface area contributed by atoms with Crippen molar-refractivity contribution >= 4 is 37.9 Å². The number of anilines is 1. The molecule has 0 spiro atoms. The van der Waals surface area contributed by atoms with Crippen LogP contribution < -0.4 is 9.73 Å². The highest BCUT2D eigenvalue weighted by Crippen LogP contribution is 2.25. The van der Waals surface area contributed by atoms with Gasteiger partial charge in [-0.3, -0.25) is 0 Å². The lowest BCUT2D eigenvalue weighted by Crippen LogP contribution is -2.18. The zero-order chi connectivity index (χ0) is 16.2. The molecule has 0 aliphatic rings. The molecule has 0 saturated heterocycles. The largest absolute Gasteiger partial charge is 0.377 e. The summed E-state index contributed by atoms with van der Waals surface area (Å²) >= 11 is 3.47. The van der Waals surface area contributed by atoms with Crippen LogP contribution in [-0.2, 0) is 10.0 Å². The van der Waals surface area contributed by atoms with Gasteiger partial charge in [0.25, 0.3) is 10.0 Å². The molecule has 0 saturated carbocycles. The third-order valence-electron chi connectivity index (χ3n) is 2.89. The van der Waals surface area contributed by atoms with Gasteiger partial charge in [-0.1, -0.05) is 24.3 Å². The second kappa shape index (κ2) is 6.93. The maximum absolute atomic E-state index is 12.0. The van der Waals surface area contributed by atoms with Crippen molar-refractivity contribution in [3.63, 3.8) is 0 Å². The average molecular weight is 382 g/mol. The Morgan fingerprint density at radius 1 is 1.14 bits per heavy atom. The molecule has 2 aromatic rings. The molecule has 1 N–H and O–H groups in total. The Kier molecular flexibility index (Phi) is 5.20. The van der Waals surface area contributed by atoms with Crippen molar-refractivity contribution in [3.05, 3.63) is 58.6 Å². The van der Waals surface area contributed by atoms with E-state index in [1.54, 1.807) is 18.2 Å². The van der Waals surface area contributed by atoms with Gasteiger partial charge in [0.15, 0.2) is 0 Å². The van der Waals surface area contributed by atoms with Crippen LogP contribution >= 0.6 is 15.9 Å². The Morgan fingerprint density at radius 3 is 2.41 bits per heavy atom. The summed E-state index contributed by atoms with van der Waals surface area (Å²) in [6.07, 6.45) is 1.46. The lowest BCUT2D eigenvalue weighted by molar-refractivity contribution is 0.584. The van der Waals surface area contributed by atoms with Crippen molar-refractivity contribution in [1.82, 2.24) is 4.83 Å². The first-order valence-electron chi connectivity index (χ1n) is 6.47. The Balaban J connectivity index is 2.12. The van der Waals surface area contributed by atoms with Crippen LogP contribution in [0.25, 0.3) is 0 Å². The number of nitrogens with one attached hydrogen (secondary N) is 1. The fraction of sp³-hybridized carbons (Fsp3) is 0.133. The van der Waals surface area contributed by atoms with Gasteiger partial charge >= 0.3 is 0 Å². The molecule has 2 rings (SSSR count). The van der Waals surface area contributed by atoms with Crippen LogP contribution in [0, 0.1) is 0 Å². The third kappa shape index (κ3) is 4.08.